The first-order valence-corrected chi connectivity index (χ1v) is 8.56. The second-order valence-corrected chi connectivity index (χ2v) is 6.22. The van der Waals surface area contributed by atoms with Gasteiger partial charge in [-0.1, -0.05) is 70.5 Å². The number of nitrogens with zero attached hydrogens (tertiary/aromatic N) is 1. The number of nitrogens with one attached hydrogen (secondary N) is 1. The van der Waals surface area contributed by atoms with E-state index in [1.807, 2.05) is 30.3 Å². The highest BCUT2D eigenvalue weighted by Gasteiger charge is 2.22. The summed E-state index contributed by atoms with van der Waals surface area (Å²) in [6.45, 7) is 1.84. The summed E-state index contributed by atoms with van der Waals surface area (Å²) in [5.41, 5.74) is 2.10. The molecule has 3 rings (SSSR count). The van der Waals surface area contributed by atoms with Crippen LogP contribution in [0.15, 0.2) is 53.1 Å². The van der Waals surface area contributed by atoms with E-state index in [1.165, 1.54) is 0 Å². The van der Waals surface area contributed by atoms with Gasteiger partial charge in [-0.25, -0.2) is 0 Å². The molecule has 0 spiro atoms. The zero-order chi connectivity index (χ0) is 18.5. The smallest absolute Gasteiger partial charge is 0.257 e. The Kier molecular flexibility index (Phi) is 5.62. The van der Waals surface area contributed by atoms with Gasteiger partial charge in [0.05, 0.1) is 16.6 Å². The molecule has 0 aliphatic carbocycles. The Hall–Kier alpha value is -2.74. The van der Waals surface area contributed by atoms with Gasteiger partial charge >= 0.3 is 0 Å². The summed E-state index contributed by atoms with van der Waals surface area (Å²) in [6.07, 6.45) is 0. The third-order valence-corrected chi connectivity index (χ3v) is 4.31. The summed E-state index contributed by atoms with van der Waals surface area (Å²) in [5, 5.41) is 7.79. The summed E-state index contributed by atoms with van der Waals surface area (Å²) in [6, 6.07) is 14.4. The molecule has 1 aromatic heterocycles. The van der Waals surface area contributed by atoms with Crippen molar-refractivity contribution >= 4 is 29.1 Å². The Balaban J connectivity index is 1.77. The lowest BCUT2D eigenvalue weighted by Crippen LogP contribution is -2.24. The van der Waals surface area contributed by atoms with Crippen molar-refractivity contribution < 1.29 is 9.32 Å². The molecule has 1 heterocycles. The minimum Gasteiger partial charge on any atom is -0.360 e. The van der Waals surface area contributed by atoms with Crippen molar-refractivity contribution in [2.45, 2.75) is 6.92 Å². The molecule has 3 aromatic rings. The minimum absolute atomic E-state index is 0.163. The lowest BCUT2D eigenvalue weighted by molar-refractivity contribution is 0.0957. The maximum Gasteiger partial charge on any atom is 0.257 e. The van der Waals surface area contributed by atoms with E-state index in [9.17, 15) is 4.79 Å². The van der Waals surface area contributed by atoms with E-state index >= 15 is 0 Å². The molecular weight excluding hydrogens is 371 g/mol. The topological polar surface area (TPSA) is 55.1 Å². The van der Waals surface area contributed by atoms with Gasteiger partial charge in [0, 0.05) is 11.1 Å². The molecule has 4 nitrogen and oxygen atoms in total. The van der Waals surface area contributed by atoms with Gasteiger partial charge in [0.2, 0.25) is 0 Å². The van der Waals surface area contributed by atoms with Gasteiger partial charge in [0.1, 0.15) is 17.0 Å². The molecule has 0 atom stereocenters. The van der Waals surface area contributed by atoms with Gasteiger partial charge in [-0.3, -0.25) is 4.79 Å². The molecule has 2 aromatic carbocycles. The average Bonchev–Trinajstić information content (AvgIpc) is 3.02. The van der Waals surface area contributed by atoms with Gasteiger partial charge in [0.25, 0.3) is 5.91 Å². The maximum atomic E-state index is 12.6. The van der Waals surface area contributed by atoms with Gasteiger partial charge in [-0.05, 0) is 25.1 Å². The van der Waals surface area contributed by atoms with Crippen LogP contribution in [-0.4, -0.2) is 17.6 Å². The largest absolute Gasteiger partial charge is 0.360 e. The van der Waals surface area contributed by atoms with E-state index in [4.69, 9.17) is 27.7 Å². The van der Waals surface area contributed by atoms with E-state index in [1.54, 1.807) is 25.1 Å². The Morgan fingerprint density at radius 1 is 1.12 bits per heavy atom. The summed E-state index contributed by atoms with van der Waals surface area (Å²) < 4.78 is 5.19. The van der Waals surface area contributed by atoms with Crippen molar-refractivity contribution in [3.63, 3.8) is 0 Å². The Labute approximate surface area is 161 Å². The highest BCUT2D eigenvalue weighted by Crippen LogP contribution is 2.30. The number of aromatic nitrogens is 1. The van der Waals surface area contributed by atoms with Crippen LogP contribution in [0.4, 0.5) is 0 Å². The number of aryl methyl sites for hydroxylation is 1. The molecular formula is C20H14Cl2N2O2. The SMILES string of the molecule is Cc1onc(-c2ccccc2Cl)c1C(=O)NCC#Cc1ccccc1Cl. The molecule has 0 aliphatic rings. The fourth-order valence-corrected chi connectivity index (χ4v) is 2.80. The van der Waals surface area contributed by atoms with Crippen LogP contribution in [-0.2, 0) is 0 Å². The summed E-state index contributed by atoms with van der Waals surface area (Å²) in [4.78, 5) is 12.6. The van der Waals surface area contributed by atoms with Crippen molar-refractivity contribution in [2.24, 2.45) is 0 Å². The molecule has 0 radical (unpaired) electrons. The Bertz CT molecular complexity index is 1020. The molecule has 6 heteroatoms. The van der Waals surface area contributed by atoms with Crippen molar-refractivity contribution in [2.75, 3.05) is 6.54 Å². The number of rotatable bonds is 3. The third-order valence-electron chi connectivity index (χ3n) is 3.65. The molecule has 0 fully saturated rings. The average molecular weight is 385 g/mol. The highest BCUT2D eigenvalue weighted by atomic mass is 35.5. The molecule has 0 aliphatic heterocycles. The van der Waals surface area contributed by atoms with Gasteiger partial charge in [0.15, 0.2) is 0 Å². The second-order valence-electron chi connectivity index (χ2n) is 5.41. The minimum atomic E-state index is -0.327. The van der Waals surface area contributed by atoms with Gasteiger partial charge in [-0.2, -0.15) is 0 Å². The van der Waals surface area contributed by atoms with Crippen LogP contribution in [0.5, 0.6) is 0 Å². The summed E-state index contributed by atoms with van der Waals surface area (Å²) in [7, 11) is 0. The van der Waals surface area contributed by atoms with Crippen LogP contribution in [0.2, 0.25) is 10.0 Å². The standard InChI is InChI=1S/C20H14Cl2N2O2/c1-13-18(19(24-26-13)15-9-3-5-11-17(15)22)20(25)23-12-6-8-14-7-2-4-10-16(14)21/h2-5,7,9-11H,12H2,1H3,(H,23,25). The van der Waals surface area contributed by atoms with Gasteiger partial charge < -0.3 is 9.84 Å². The third kappa shape index (κ3) is 3.91. The number of hydrogen-bond acceptors (Lipinski definition) is 3. The number of hydrogen-bond donors (Lipinski definition) is 1. The first-order valence-electron chi connectivity index (χ1n) is 7.80. The van der Waals surface area contributed by atoms with Crippen molar-refractivity contribution in [3.8, 4) is 23.1 Å². The van der Waals surface area contributed by atoms with Crippen LogP contribution in [0.1, 0.15) is 21.7 Å². The fourth-order valence-electron chi connectivity index (χ4n) is 2.39. The van der Waals surface area contributed by atoms with E-state index < -0.39 is 0 Å². The number of amides is 1. The van der Waals surface area contributed by atoms with Gasteiger partial charge in [-0.15, -0.1) is 0 Å². The lowest BCUT2D eigenvalue weighted by atomic mass is 10.1. The highest BCUT2D eigenvalue weighted by molar-refractivity contribution is 6.33. The summed E-state index contributed by atoms with van der Waals surface area (Å²) >= 11 is 12.3. The number of benzene rings is 2. The lowest BCUT2D eigenvalue weighted by Gasteiger charge is -2.04. The monoisotopic (exact) mass is 384 g/mol. The van der Waals surface area contributed by atoms with Crippen LogP contribution in [0, 0.1) is 18.8 Å². The normalized spacial score (nSPS) is 10.1. The molecule has 26 heavy (non-hydrogen) atoms. The van der Waals surface area contributed by atoms with Crippen molar-refractivity contribution in [1.29, 1.82) is 0 Å². The molecule has 0 saturated heterocycles. The van der Waals surface area contributed by atoms with Crippen molar-refractivity contribution in [3.05, 3.63) is 75.5 Å². The zero-order valence-corrected chi connectivity index (χ0v) is 15.4. The molecule has 130 valence electrons. The predicted octanol–water partition coefficient (Wildman–Crippen LogP) is 4.74. The number of halogens is 2. The molecule has 1 N–H and O–H groups in total. The van der Waals surface area contributed by atoms with Crippen LogP contribution in [0.25, 0.3) is 11.3 Å². The Morgan fingerprint density at radius 2 is 1.81 bits per heavy atom. The van der Waals surface area contributed by atoms with Crippen LogP contribution in [0.3, 0.4) is 0 Å². The zero-order valence-electron chi connectivity index (χ0n) is 13.8. The Morgan fingerprint density at radius 3 is 2.54 bits per heavy atom. The second kappa shape index (κ2) is 8.09. The fraction of sp³-hybridized carbons (Fsp3) is 0.100. The van der Waals surface area contributed by atoms with E-state index in [0.717, 1.165) is 0 Å². The van der Waals surface area contributed by atoms with E-state index in [-0.39, 0.29) is 12.5 Å². The van der Waals surface area contributed by atoms with Crippen molar-refractivity contribution in [1.82, 2.24) is 10.5 Å². The molecule has 0 saturated carbocycles. The predicted molar refractivity (Wildman–Crippen MR) is 102 cm³/mol. The molecule has 0 unspecified atom stereocenters. The number of carbonyl (C=O) groups excluding carboxylic acids is 1. The molecule has 0 bridgehead atoms. The first kappa shape index (κ1) is 18.1. The quantitative estimate of drug-likeness (QED) is 0.663. The first-order chi connectivity index (χ1) is 12.6. The summed E-state index contributed by atoms with van der Waals surface area (Å²) in [5.74, 6) is 5.90. The van der Waals surface area contributed by atoms with Crippen LogP contribution >= 0.6 is 23.2 Å². The molecule has 1 amide bonds. The van der Waals surface area contributed by atoms with Crippen LogP contribution < -0.4 is 5.32 Å². The maximum absolute atomic E-state index is 12.6. The van der Waals surface area contributed by atoms with E-state index in [2.05, 4.69) is 22.3 Å². The van der Waals surface area contributed by atoms with E-state index in [0.29, 0.717) is 38.2 Å². The number of carbonyl (C=O) groups is 1.